The molecule has 1 atom stereocenters. The molecule has 7 nitrogen and oxygen atoms in total. The molecule has 2 N–H and O–H groups in total. The van der Waals surface area contributed by atoms with Crippen molar-refractivity contribution in [3.05, 3.63) is 59.7 Å². The Morgan fingerprint density at radius 1 is 1.19 bits per heavy atom. The number of hydrogen-bond acceptors (Lipinski definition) is 4. The van der Waals surface area contributed by atoms with Gasteiger partial charge in [0.05, 0.1) is 6.42 Å². The zero-order chi connectivity index (χ0) is 19.0. The maximum atomic E-state index is 12.5. The topological polar surface area (TPSA) is 88.9 Å². The van der Waals surface area contributed by atoms with Gasteiger partial charge in [-0.3, -0.25) is 14.9 Å². The van der Waals surface area contributed by atoms with E-state index < -0.39 is 6.04 Å². The van der Waals surface area contributed by atoms with Crippen molar-refractivity contribution < 1.29 is 9.59 Å². The predicted molar refractivity (Wildman–Crippen MR) is 102 cm³/mol. The van der Waals surface area contributed by atoms with Crippen LogP contribution in [-0.2, 0) is 9.59 Å². The molecule has 0 radical (unpaired) electrons. The van der Waals surface area contributed by atoms with E-state index >= 15 is 0 Å². The number of hydrogen-bond donors (Lipinski definition) is 2. The molecule has 1 aliphatic rings. The molecule has 2 amide bonds. The van der Waals surface area contributed by atoms with Crippen LogP contribution in [0.1, 0.15) is 23.6 Å². The third-order valence-electron chi connectivity index (χ3n) is 4.54. The molecule has 1 unspecified atom stereocenters. The number of nitrogens with one attached hydrogen (secondary N) is 2. The molecule has 2 heterocycles. The lowest BCUT2D eigenvalue weighted by molar-refractivity contribution is -0.123. The van der Waals surface area contributed by atoms with Crippen LogP contribution in [0.2, 0.25) is 0 Å². The first kappa shape index (κ1) is 17.0. The Morgan fingerprint density at radius 3 is 2.74 bits per heavy atom. The van der Waals surface area contributed by atoms with Crippen molar-refractivity contribution in [3.8, 4) is 11.4 Å². The Bertz CT molecular complexity index is 1030. The van der Waals surface area contributed by atoms with Crippen molar-refractivity contribution in [1.29, 1.82) is 0 Å². The van der Waals surface area contributed by atoms with Gasteiger partial charge in [-0.15, -0.1) is 5.10 Å². The van der Waals surface area contributed by atoms with Gasteiger partial charge in [0.15, 0.2) is 5.82 Å². The number of anilines is 2. The first-order valence-corrected chi connectivity index (χ1v) is 8.71. The number of amides is 2. The van der Waals surface area contributed by atoms with Gasteiger partial charge in [0, 0.05) is 11.3 Å². The summed E-state index contributed by atoms with van der Waals surface area (Å²) in [5.74, 6) is 0.364. The predicted octanol–water partition coefficient (Wildman–Crippen LogP) is 3.08. The van der Waals surface area contributed by atoms with Crippen LogP contribution in [0.15, 0.2) is 48.5 Å². The summed E-state index contributed by atoms with van der Waals surface area (Å²) in [6.07, 6.45) is -0.0101. The summed E-state index contributed by atoms with van der Waals surface area (Å²) in [6.45, 7) is 3.89. The van der Waals surface area contributed by atoms with Gasteiger partial charge < -0.3 is 5.32 Å². The smallest absolute Gasteiger partial charge is 0.252 e. The van der Waals surface area contributed by atoms with E-state index in [9.17, 15) is 9.59 Å². The van der Waals surface area contributed by atoms with Crippen LogP contribution < -0.4 is 10.6 Å². The lowest BCUT2D eigenvalue weighted by Crippen LogP contribution is -2.24. The molecular weight excluding hydrogens is 342 g/mol. The second-order valence-electron chi connectivity index (χ2n) is 6.65. The SMILES string of the molecule is Cc1ccc(C)c(NC(=O)CC2C(=O)Nc3nc(-c4ccccc4)nn32)c1. The molecule has 27 heavy (non-hydrogen) atoms. The molecule has 0 saturated carbocycles. The van der Waals surface area contributed by atoms with Crippen LogP contribution >= 0.6 is 0 Å². The molecular formula is C20H19N5O2. The number of nitrogens with zero attached hydrogens (tertiary/aromatic N) is 3. The number of carbonyl (C=O) groups is 2. The van der Waals surface area contributed by atoms with E-state index in [1.54, 1.807) is 0 Å². The summed E-state index contributed by atoms with van der Waals surface area (Å²) in [5.41, 5.74) is 3.63. The summed E-state index contributed by atoms with van der Waals surface area (Å²) < 4.78 is 1.49. The molecule has 0 aliphatic carbocycles. The third-order valence-corrected chi connectivity index (χ3v) is 4.54. The fraction of sp³-hybridized carbons (Fsp3) is 0.200. The molecule has 7 heteroatoms. The Morgan fingerprint density at radius 2 is 1.96 bits per heavy atom. The summed E-state index contributed by atoms with van der Waals surface area (Å²) in [4.78, 5) is 29.1. The van der Waals surface area contributed by atoms with Crippen LogP contribution in [-0.4, -0.2) is 26.6 Å². The van der Waals surface area contributed by atoms with Crippen molar-refractivity contribution in [2.24, 2.45) is 0 Å². The lowest BCUT2D eigenvalue weighted by Gasteiger charge is -2.12. The highest BCUT2D eigenvalue weighted by molar-refractivity contribution is 6.01. The number of aromatic nitrogens is 3. The molecule has 0 saturated heterocycles. The number of rotatable bonds is 4. The molecule has 1 aliphatic heterocycles. The molecule has 1 aromatic heterocycles. The molecule has 4 rings (SSSR count). The maximum absolute atomic E-state index is 12.5. The zero-order valence-corrected chi connectivity index (χ0v) is 15.1. The van der Waals surface area contributed by atoms with E-state index in [2.05, 4.69) is 20.7 Å². The van der Waals surface area contributed by atoms with E-state index in [-0.39, 0.29) is 18.2 Å². The van der Waals surface area contributed by atoms with Gasteiger partial charge in [-0.1, -0.05) is 42.5 Å². The van der Waals surface area contributed by atoms with Crippen LogP contribution in [0, 0.1) is 13.8 Å². The van der Waals surface area contributed by atoms with Gasteiger partial charge in [-0.25, -0.2) is 4.68 Å². The average molecular weight is 361 g/mol. The number of carbonyl (C=O) groups excluding carboxylic acids is 2. The van der Waals surface area contributed by atoms with E-state index in [1.807, 2.05) is 62.4 Å². The second kappa shape index (κ2) is 6.68. The fourth-order valence-electron chi connectivity index (χ4n) is 3.07. The largest absolute Gasteiger partial charge is 0.326 e. The molecule has 0 fully saturated rings. The minimum Gasteiger partial charge on any atom is -0.326 e. The van der Waals surface area contributed by atoms with Gasteiger partial charge in [-0.05, 0) is 31.0 Å². The zero-order valence-electron chi connectivity index (χ0n) is 15.1. The van der Waals surface area contributed by atoms with Crippen LogP contribution in [0.25, 0.3) is 11.4 Å². The van der Waals surface area contributed by atoms with E-state index in [0.29, 0.717) is 11.8 Å². The normalized spacial score (nSPS) is 15.3. The lowest BCUT2D eigenvalue weighted by atomic mass is 10.1. The van der Waals surface area contributed by atoms with Crippen molar-refractivity contribution in [2.45, 2.75) is 26.3 Å². The minimum atomic E-state index is -0.713. The number of aryl methyl sites for hydroxylation is 2. The van der Waals surface area contributed by atoms with Gasteiger partial charge in [-0.2, -0.15) is 4.98 Å². The van der Waals surface area contributed by atoms with E-state index in [1.165, 1.54) is 4.68 Å². The Kier molecular flexibility index (Phi) is 4.19. The van der Waals surface area contributed by atoms with Crippen molar-refractivity contribution in [3.63, 3.8) is 0 Å². The summed E-state index contributed by atoms with van der Waals surface area (Å²) >= 11 is 0. The first-order valence-electron chi connectivity index (χ1n) is 8.71. The molecule has 2 aromatic carbocycles. The summed E-state index contributed by atoms with van der Waals surface area (Å²) in [5, 5.41) is 10.0. The molecule has 3 aromatic rings. The maximum Gasteiger partial charge on any atom is 0.252 e. The average Bonchev–Trinajstić information content (AvgIpc) is 3.18. The Hall–Kier alpha value is -3.48. The highest BCUT2D eigenvalue weighted by Gasteiger charge is 2.35. The van der Waals surface area contributed by atoms with Crippen molar-refractivity contribution in [1.82, 2.24) is 14.8 Å². The van der Waals surface area contributed by atoms with E-state index in [4.69, 9.17) is 0 Å². The third kappa shape index (κ3) is 3.31. The van der Waals surface area contributed by atoms with Gasteiger partial charge >= 0.3 is 0 Å². The first-order chi connectivity index (χ1) is 13.0. The van der Waals surface area contributed by atoms with Crippen molar-refractivity contribution >= 4 is 23.5 Å². The molecule has 0 bridgehead atoms. The van der Waals surface area contributed by atoms with Crippen LogP contribution in [0.4, 0.5) is 11.6 Å². The number of fused-ring (bicyclic) bond motifs is 1. The molecule has 136 valence electrons. The highest BCUT2D eigenvalue weighted by Crippen LogP contribution is 2.28. The summed E-state index contributed by atoms with van der Waals surface area (Å²) in [7, 11) is 0. The molecule has 0 spiro atoms. The van der Waals surface area contributed by atoms with Gasteiger partial charge in [0.2, 0.25) is 11.9 Å². The van der Waals surface area contributed by atoms with Crippen LogP contribution in [0.5, 0.6) is 0 Å². The Balaban J connectivity index is 1.53. The van der Waals surface area contributed by atoms with Crippen LogP contribution in [0.3, 0.4) is 0 Å². The fourth-order valence-corrected chi connectivity index (χ4v) is 3.07. The second-order valence-corrected chi connectivity index (χ2v) is 6.65. The monoisotopic (exact) mass is 361 g/mol. The summed E-state index contributed by atoms with van der Waals surface area (Å²) in [6, 6.07) is 14.6. The standard InChI is InChI=1S/C20H19N5O2/c1-12-8-9-13(2)15(10-12)21-17(26)11-16-19(27)23-20-22-18(24-25(16)20)14-6-4-3-5-7-14/h3-10,16H,11H2,1-2H3,(H,21,26)(H,22,23,24,27). The number of benzene rings is 2. The van der Waals surface area contributed by atoms with Gasteiger partial charge in [0.25, 0.3) is 5.91 Å². The quantitative estimate of drug-likeness (QED) is 0.747. The Labute approximate surface area is 156 Å². The van der Waals surface area contributed by atoms with Crippen molar-refractivity contribution in [2.75, 3.05) is 10.6 Å². The highest BCUT2D eigenvalue weighted by atomic mass is 16.2. The minimum absolute atomic E-state index is 0.0101. The van der Waals surface area contributed by atoms with E-state index in [0.717, 1.165) is 22.4 Å². The van der Waals surface area contributed by atoms with Gasteiger partial charge in [0.1, 0.15) is 6.04 Å².